The Morgan fingerprint density at radius 1 is 1.12 bits per heavy atom. The molecule has 2 aromatic rings. The van der Waals surface area contributed by atoms with Crippen LogP contribution in [0, 0.1) is 6.92 Å². The number of nitrogens with zero attached hydrogens (tertiary/aromatic N) is 3. The largest absolute Gasteiger partial charge is 0.504 e. The van der Waals surface area contributed by atoms with Gasteiger partial charge in [0.1, 0.15) is 0 Å². The van der Waals surface area contributed by atoms with Crippen molar-refractivity contribution in [2.75, 3.05) is 0 Å². The quantitative estimate of drug-likeness (QED) is 0.589. The minimum atomic E-state index is -0.543. The normalized spacial score (nSPS) is 17.0. The zero-order chi connectivity index (χ0) is 17.1. The monoisotopic (exact) mass is 347 g/mol. The first-order valence-electron chi connectivity index (χ1n) is 8.05. The van der Waals surface area contributed by atoms with Gasteiger partial charge in [-0.1, -0.05) is 19.3 Å². The maximum absolute atomic E-state index is 9.88. The average Bonchev–Trinajstić information content (AvgIpc) is 2.93. The number of thiazole rings is 1. The molecule has 0 unspecified atom stereocenters. The maximum Gasteiger partial charge on any atom is 0.206 e. The molecule has 3 N–H and O–H groups in total. The number of hydrogen-bond donors (Lipinski definition) is 3. The number of aromatic hydroxyl groups is 3. The number of benzene rings is 1. The van der Waals surface area contributed by atoms with Crippen molar-refractivity contribution in [2.24, 2.45) is 10.1 Å². The summed E-state index contributed by atoms with van der Waals surface area (Å²) in [7, 11) is 0. The van der Waals surface area contributed by atoms with Crippen molar-refractivity contribution in [2.45, 2.75) is 45.1 Å². The summed E-state index contributed by atoms with van der Waals surface area (Å²) in [6.07, 6.45) is 7.43. The van der Waals surface area contributed by atoms with E-state index < -0.39 is 11.5 Å². The van der Waals surface area contributed by atoms with Gasteiger partial charge in [0, 0.05) is 10.9 Å². The molecule has 0 amide bonds. The molecule has 6 nitrogen and oxygen atoms in total. The zero-order valence-electron chi connectivity index (χ0n) is 13.5. The van der Waals surface area contributed by atoms with Gasteiger partial charge in [-0.2, -0.15) is 5.10 Å². The van der Waals surface area contributed by atoms with Crippen molar-refractivity contribution in [1.29, 1.82) is 0 Å². The molecule has 0 spiro atoms. The molecule has 1 aliphatic rings. The van der Waals surface area contributed by atoms with Crippen LogP contribution < -0.4 is 4.80 Å². The van der Waals surface area contributed by atoms with Crippen LogP contribution in [-0.2, 0) is 0 Å². The first-order chi connectivity index (χ1) is 11.6. The molecule has 24 heavy (non-hydrogen) atoms. The Kier molecular flexibility index (Phi) is 4.89. The lowest BCUT2D eigenvalue weighted by Crippen LogP contribution is -2.19. The van der Waals surface area contributed by atoms with E-state index in [2.05, 4.69) is 5.10 Å². The van der Waals surface area contributed by atoms with Gasteiger partial charge in [0.15, 0.2) is 11.5 Å². The van der Waals surface area contributed by atoms with Crippen LogP contribution in [0.1, 0.15) is 43.4 Å². The van der Waals surface area contributed by atoms with E-state index in [4.69, 9.17) is 4.99 Å². The molecule has 128 valence electrons. The summed E-state index contributed by atoms with van der Waals surface area (Å²) >= 11 is 1.55. The van der Waals surface area contributed by atoms with E-state index in [1.807, 2.05) is 12.3 Å². The molecule has 3 rings (SSSR count). The van der Waals surface area contributed by atoms with Gasteiger partial charge >= 0.3 is 0 Å². The van der Waals surface area contributed by atoms with Crippen molar-refractivity contribution in [3.8, 4) is 17.2 Å². The fraction of sp³-hybridized carbons (Fsp3) is 0.412. The Morgan fingerprint density at radius 2 is 1.88 bits per heavy atom. The number of hydrogen-bond acceptors (Lipinski definition) is 6. The van der Waals surface area contributed by atoms with Gasteiger partial charge in [-0.05, 0) is 31.9 Å². The Bertz CT molecular complexity index is 817. The second kappa shape index (κ2) is 7.09. The second-order valence-corrected chi connectivity index (χ2v) is 6.84. The molecular formula is C17H21N3O3S. The summed E-state index contributed by atoms with van der Waals surface area (Å²) in [5, 5.41) is 35.2. The lowest BCUT2D eigenvalue weighted by Gasteiger charge is -2.16. The second-order valence-electron chi connectivity index (χ2n) is 6.01. The van der Waals surface area contributed by atoms with Crippen molar-refractivity contribution in [3.63, 3.8) is 0 Å². The molecule has 1 saturated carbocycles. The van der Waals surface area contributed by atoms with Crippen LogP contribution in [0.4, 0.5) is 0 Å². The van der Waals surface area contributed by atoms with Crippen LogP contribution in [0.15, 0.2) is 27.6 Å². The predicted molar refractivity (Wildman–Crippen MR) is 93.9 cm³/mol. The number of rotatable bonds is 3. The SMILES string of the molecule is Cc1csc(=NC2CCCCC2)n1/N=C/c1ccc(O)c(O)c1O. The smallest absolute Gasteiger partial charge is 0.206 e. The van der Waals surface area contributed by atoms with E-state index in [9.17, 15) is 15.3 Å². The highest BCUT2D eigenvalue weighted by Gasteiger charge is 2.13. The third-order valence-electron chi connectivity index (χ3n) is 4.19. The first kappa shape index (κ1) is 16.6. The van der Waals surface area contributed by atoms with Gasteiger partial charge in [-0.15, -0.1) is 11.3 Å². The van der Waals surface area contributed by atoms with Crippen LogP contribution in [0.25, 0.3) is 0 Å². The summed E-state index contributed by atoms with van der Waals surface area (Å²) in [6, 6.07) is 3.16. The van der Waals surface area contributed by atoms with E-state index in [0.29, 0.717) is 11.6 Å². The first-order valence-corrected chi connectivity index (χ1v) is 8.93. The highest BCUT2D eigenvalue weighted by Crippen LogP contribution is 2.36. The molecule has 1 aliphatic carbocycles. The molecule has 7 heteroatoms. The summed E-state index contributed by atoms with van der Waals surface area (Å²) in [4.78, 5) is 5.65. The molecule has 1 heterocycles. The van der Waals surface area contributed by atoms with Gasteiger partial charge in [0.25, 0.3) is 0 Å². The van der Waals surface area contributed by atoms with Crippen LogP contribution in [0.2, 0.25) is 0 Å². The summed E-state index contributed by atoms with van der Waals surface area (Å²) in [5.41, 5.74) is 1.28. The standard InChI is InChI=1S/C17H21N3O3S/c1-11-10-24-17(19-13-5-3-2-4-6-13)20(11)18-9-12-7-8-14(21)16(23)15(12)22/h7-10,13,21-23H,2-6H2,1H3/b18-9+,19-17?. The number of phenolic OH excluding ortho intramolecular Hbond substituents is 3. The van der Waals surface area contributed by atoms with Gasteiger partial charge in [0.05, 0.1) is 18.0 Å². The highest BCUT2D eigenvalue weighted by atomic mass is 32.1. The molecule has 1 aromatic carbocycles. The summed E-state index contributed by atoms with van der Waals surface area (Å²) < 4.78 is 1.74. The Morgan fingerprint density at radius 3 is 2.62 bits per heavy atom. The minimum absolute atomic E-state index is 0.326. The van der Waals surface area contributed by atoms with Crippen molar-refractivity contribution in [3.05, 3.63) is 33.6 Å². The van der Waals surface area contributed by atoms with E-state index in [0.717, 1.165) is 23.3 Å². The predicted octanol–water partition coefficient (Wildman–Crippen LogP) is 3.09. The van der Waals surface area contributed by atoms with Gasteiger partial charge in [-0.3, -0.25) is 4.99 Å². The Labute approximate surface area is 144 Å². The van der Waals surface area contributed by atoms with Gasteiger partial charge < -0.3 is 15.3 Å². The van der Waals surface area contributed by atoms with E-state index >= 15 is 0 Å². The molecular weight excluding hydrogens is 326 g/mol. The summed E-state index contributed by atoms with van der Waals surface area (Å²) in [5.74, 6) is -1.30. The Balaban J connectivity index is 1.92. The van der Waals surface area contributed by atoms with Crippen molar-refractivity contribution in [1.82, 2.24) is 4.68 Å². The third kappa shape index (κ3) is 3.46. The zero-order valence-corrected chi connectivity index (χ0v) is 14.3. The van der Waals surface area contributed by atoms with Gasteiger partial charge in [0.2, 0.25) is 10.6 Å². The number of phenols is 3. The topological polar surface area (TPSA) is 90.3 Å². The van der Waals surface area contributed by atoms with Crippen molar-refractivity contribution < 1.29 is 15.3 Å². The molecule has 0 bridgehead atoms. The van der Waals surface area contributed by atoms with Crippen LogP contribution in [0.3, 0.4) is 0 Å². The Hall–Kier alpha value is -2.28. The highest BCUT2D eigenvalue weighted by molar-refractivity contribution is 7.07. The molecule has 1 aromatic heterocycles. The summed E-state index contributed by atoms with van der Waals surface area (Å²) in [6.45, 7) is 1.95. The van der Waals surface area contributed by atoms with Crippen LogP contribution in [-0.4, -0.2) is 32.3 Å². The minimum Gasteiger partial charge on any atom is -0.504 e. The van der Waals surface area contributed by atoms with Crippen LogP contribution in [0.5, 0.6) is 17.2 Å². The molecule has 0 atom stereocenters. The van der Waals surface area contributed by atoms with Gasteiger partial charge in [-0.25, -0.2) is 4.68 Å². The average molecular weight is 347 g/mol. The molecule has 0 radical (unpaired) electrons. The van der Waals surface area contributed by atoms with Crippen LogP contribution >= 0.6 is 11.3 Å². The molecule has 0 aliphatic heterocycles. The van der Waals surface area contributed by atoms with E-state index in [-0.39, 0.29) is 5.75 Å². The fourth-order valence-corrected chi connectivity index (χ4v) is 3.67. The van der Waals surface area contributed by atoms with E-state index in [1.54, 1.807) is 16.0 Å². The lowest BCUT2D eigenvalue weighted by atomic mass is 9.96. The third-order valence-corrected chi connectivity index (χ3v) is 5.14. The maximum atomic E-state index is 9.88. The van der Waals surface area contributed by atoms with Crippen molar-refractivity contribution >= 4 is 17.6 Å². The molecule has 1 fully saturated rings. The number of aryl methyl sites for hydroxylation is 1. The molecule has 0 saturated heterocycles. The van der Waals surface area contributed by atoms with E-state index in [1.165, 1.54) is 37.6 Å². The lowest BCUT2D eigenvalue weighted by molar-refractivity contribution is 0.367. The fourth-order valence-electron chi connectivity index (χ4n) is 2.79. The number of aromatic nitrogens is 1.